The number of aromatic nitrogens is 4. The van der Waals surface area contributed by atoms with Crippen molar-refractivity contribution in [2.45, 2.75) is 31.7 Å². The van der Waals surface area contributed by atoms with Gasteiger partial charge in [-0.2, -0.15) is 4.98 Å². The number of halogens is 3. The van der Waals surface area contributed by atoms with Crippen LogP contribution in [0.1, 0.15) is 25.7 Å². The van der Waals surface area contributed by atoms with Gasteiger partial charge in [0, 0.05) is 18.1 Å². The minimum Gasteiger partial charge on any atom is -0.351 e. The van der Waals surface area contributed by atoms with Crippen LogP contribution in [0.3, 0.4) is 0 Å². The van der Waals surface area contributed by atoms with Gasteiger partial charge in [-0.05, 0) is 25.0 Å². The second kappa shape index (κ2) is 6.89. The molecule has 2 heterocycles. The Hall–Kier alpha value is -2.12. The van der Waals surface area contributed by atoms with Crippen LogP contribution >= 0.6 is 23.2 Å². The second-order valence-electron chi connectivity index (χ2n) is 6.39. The monoisotopic (exact) mass is 394 g/mol. The molecule has 2 aromatic heterocycles. The third kappa shape index (κ3) is 3.29. The lowest BCUT2D eigenvalue weighted by atomic mass is 10.2. The van der Waals surface area contributed by atoms with Crippen LogP contribution in [0.25, 0.3) is 11.2 Å². The molecule has 136 valence electrons. The summed E-state index contributed by atoms with van der Waals surface area (Å²) in [6.45, 7) is 0. The van der Waals surface area contributed by atoms with Gasteiger partial charge in [-0.25, -0.2) is 14.4 Å². The van der Waals surface area contributed by atoms with E-state index in [0.29, 0.717) is 29.1 Å². The van der Waals surface area contributed by atoms with Crippen molar-refractivity contribution in [2.75, 3.05) is 10.6 Å². The van der Waals surface area contributed by atoms with Crippen molar-refractivity contribution < 1.29 is 4.39 Å². The summed E-state index contributed by atoms with van der Waals surface area (Å²) in [5.41, 5.74) is 1.37. The van der Waals surface area contributed by atoms with Crippen LogP contribution in [-0.2, 0) is 7.05 Å². The molecule has 26 heavy (non-hydrogen) atoms. The van der Waals surface area contributed by atoms with E-state index in [0.717, 1.165) is 12.8 Å². The normalized spacial score (nSPS) is 14.9. The molecule has 0 radical (unpaired) electrons. The minimum atomic E-state index is -0.552. The number of aryl methyl sites for hydroxylation is 1. The van der Waals surface area contributed by atoms with E-state index in [1.54, 1.807) is 17.8 Å². The topological polar surface area (TPSA) is 67.7 Å². The Labute approximate surface area is 159 Å². The molecule has 2 N–H and O–H groups in total. The van der Waals surface area contributed by atoms with Gasteiger partial charge in [-0.1, -0.05) is 36.0 Å². The van der Waals surface area contributed by atoms with E-state index in [1.807, 2.05) is 0 Å². The van der Waals surface area contributed by atoms with Gasteiger partial charge < -0.3 is 10.6 Å². The second-order valence-corrected chi connectivity index (χ2v) is 7.24. The van der Waals surface area contributed by atoms with Crippen LogP contribution in [0.5, 0.6) is 0 Å². The smallest absolute Gasteiger partial charge is 0.224 e. The fraction of sp³-hybridized carbons (Fsp3) is 0.353. The highest BCUT2D eigenvalue weighted by atomic mass is 35.5. The summed E-state index contributed by atoms with van der Waals surface area (Å²) in [6, 6.07) is 3.09. The maximum atomic E-state index is 14.2. The molecule has 0 spiro atoms. The number of hydrogen-bond donors (Lipinski definition) is 2. The lowest BCUT2D eigenvalue weighted by Gasteiger charge is -2.11. The SMILES string of the molecule is Cn1c(Nc2c(F)cc(Cl)cc2Cl)nc2cnc(NC3CCCC3)nc21. The largest absolute Gasteiger partial charge is 0.351 e. The van der Waals surface area contributed by atoms with Crippen LogP contribution in [0.2, 0.25) is 10.0 Å². The van der Waals surface area contributed by atoms with E-state index in [2.05, 4.69) is 25.6 Å². The van der Waals surface area contributed by atoms with Crippen LogP contribution in [0.4, 0.5) is 22.0 Å². The molecule has 0 unspecified atom stereocenters. The van der Waals surface area contributed by atoms with Gasteiger partial charge >= 0.3 is 0 Å². The Morgan fingerprint density at radius 3 is 2.69 bits per heavy atom. The van der Waals surface area contributed by atoms with Gasteiger partial charge in [0.1, 0.15) is 11.3 Å². The van der Waals surface area contributed by atoms with Gasteiger partial charge in [-0.15, -0.1) is 0 Å². The Bertz CT molecular complexity index is 944. The predicted molar refractivity (Wildman–Crippen MR) is 102 cm³/mol. The highest BCUT2D eigenvalue weighted by molar-refractivity contribution is 6.36. The first-order valence-corrected chi connectivity index (χ1v) is 9.14. The van der Waals surface area contributed by atoms with Gasteiger partial charge in [0.05, 0.1) is 16.9 Å². The molecule has 3 aromatic rings. The Kier molecular flexibility index (Phi) is 4.58. The number of imidazole rings is 1. The van der Waals surface area contributed by atoms with Crippen molar-refractivity contribution in [3.8, 4) is 0 Å². The number of nitrogens with one attached hydrogen (secondary N) is 2. The van der Waals surface area contributed by atoms with Gasteiger partial charge in [0.25, 0.3) is 0 Å². The quantitative estimate of drug-likeness (QED) is 0.657. The lowest BCUT2D eigenvalue weighted by molar-refractivity contribution is 0.631. The zero-order chi connectivity index (χ0) is 18.3. The van der Waals surface area contributed by atoms with E-state index < -0.39 is 5.82 Å². The first-order valence-electron chi connectivity index (χ1n) is 8.39. The maximum absolute atomic E-state index is 14.2. The molecule has 1 saturated carbocycles. The van der Waals surface area contributed by atoms with Crippen molar-refractivity contribution in [3.05, 3.63) is 34.2 Å². The number of nitrogens with zero attached hydrogens (tertiary/aromatic N) is 4. The molecule has 9 heteroatoms. The van der Waals surface area contributed by atoms with Crippen molar-refractivity contribution in [1.29, 1.82) is 0 Å². The molecule has 1 fully saturated rings. The molecular weight excluding hydrogens is 378 g/mol. The average Bonchev–Trinajstić information content (AvgIpc) is 3.20. The Morgan fingerprint density at radius 1 is 1.19 bits per heavy atom. The fourth-order valence-electron chi connectivity index (χ4n) is 3.19. The maximum Gasteiger partial charge on any atom is 0.224 e. The first kappa shape index (κ1) is 17.3. The van der Waals surface area contributed by atoms with E-state index in [1.165, 1.54) is 25.0 Å². The summed E-state index contributed by atoms with van der Waals surface area (Å²) in [5.74, 6) is 0.439. The number of hydrogen-bond acceptors (Lipinski definition) is 5. The van der Waals surface area contributed by atoms with E-state index in [4.69, 9.17) is 23.2 Å². The summed E-state index contributed by atoms with van der Waals surface area (Å²) in [7, 11) is 1.80. The summed E-state index contributed by atoms with van der Waals surface area (Å²) in [4.78, 5) is 13.3. The molecule has 1 aliphatic carbocycles. The zero-order valence-corrected chi connectivity index (χ0v) is 15.6. The van der Waals surface area contributed by atoms with Crippen LogP contribution in [-0.4, -0.2) is 25.6 Å². The van der Waals surface area contributed by atoms with Gasteiger partial charge in [0.15, 0.2) is 5.65 Å². The summed E-state index contributed by atoms with van der Waals surface area (Å²) in [6.07, 6.45) is 6.38. The van der Waals surface area contributed by atoms with Crippen LogP contribution in [0, 0.1) is 5.82 Å². The Morgan fingerprint density at radius 2 is 1.96 bits per heavy atom. The third-order valence-corrected chi connectivity index (χ3v) is 5.06. The zero-order valence-electron chi connectivity index (χ0n) is 14.1. The van der Waals surface area contributed by atoms with E-state index in [-0.39, 0.29) is 15.7 Å². The number of anilines is 3. The number of benzene rings is 1. The van der Waals surface area contributed by atoms with Crippen molar-refractivity contribution in [2.24, 2.45) is 7.05 Å². The third-order valence-electron chi connectivity index (χ3n) is 4.54. The first-order chi connectivity index (χ1) is 12.5. The lowest BCUT2D eigenvalue weighted by Crippen LogP contribution is -2.16. The molecule has 1 aliphatic rings. The van der Waals surface area contributed by atoms with Gasteiger partial charge in [0.2, 0.25) is 11.9 Å². The average molecular weight is 395 g/mol. The minimum absolute atomic E-state index is 0.117. The molecule has 0 saturated heterocycles. The van der Waals surface area contributed by atoms with Crippen molar-refractivity contribution in [1.82, 2.24) is 19.5 Å². The molecule has 0 atom stereocenters. The highest BCUT2D eigenvalue weighted by Gasteiger charge is 2.18. The molecule has 0 aliphatic heterocycles. The predicted octanol–water partition coefficient (Wildman–Crippen LogP) is 4.91. The molecular formula is C17H17Cl2FN6. The number of fused-ring (bicyclic) bond motifs is 1. The highest BCUT2D eigenvalue weighted by Crippen LogP contribution is 2.32. The molecule has 6 nitrogen and oxygen atoms in total. The van der Waals surface area contributed by atoms with E-state index >= 15 is 0 Å². The van der Waals surface area contributed by atoms with Crippen molar-refractivity contribution in [3.63, 3.8) is 0 Å². The van der Waals surface area contributed by atoms with Crippen LogP contribution in [0.15, 0.2) is 18.3 Å². The molecule has 4 rings (SSSR count). The van der Waals surface area contributed by atoms with Gasteiger partial charge in [-0.3, -0.25) is 4.57 Å². The summed E-state index contributed by atoms with van der Waals surface area (Å²) in [5, 5.41) is 6.69. The number of rotatable bonds is 4. The standard InChI is InChI=1S/C17H17Cl2FN6/c1-26-15-13(8-21-16(25-15)22-10-4-2-3-5-10)23-17(26)24-14-11(19)6-9(18)7-12(14)20/h6-8,10H,2-5H2,1H3,(H,23,24)(H,21,22,25). The summed E-state index contributed by atoms with van der Waals surface area (Å²) < 4.78 is 15.9. The Balaban J connectivity index is 1.65. The summed E-state index contributed by atoms with van der Waals surface area (Å²) >= 11 is 11.9. The molecule has 1 aromatic carbocycles. The van der Waals surface area contributed by atoms with E-state index in [9.17, 15) is 4.39 Å². The molecule has 0 bridgehead atoms. The molecule has 0 amide bonds. The van der Waals surface area contributed by atoms with Crippen LogP contribution < -0.4 is 10.6 Å². The van der Waals surface area contributed by atoms with Crippen molar-refractivity contribution >= 4 is 51.9 Å². The fourth-order valence-corrected chi connectivity index (χ4v) is 3.70.